The molecule has 3 N–H and O–H groups in total. The molecule has 6 nitrogen and oxygen atoms in total. The first-order chi connectivity index (χ1) is 8.91. The second-order valence-corrected chi connectivity index (χ2v) is 5.71. The highest BCUT2D eigenvalue weighted by Gasteiger charge is 2.52. The number of rotatable bonds is 3. The van der Waals surface area contributed by atoms with Gasteiger partial charge < -0.3 is 20.3 Å². The number of ether oxygens (including phenoxy) is 2. The van der Waals surface area contributed by atoms with Crippen molar-refractivity contribution < 1.29 is 24.2 Å². The first-order valence-electron chi connectivity index (χ1n) is 6.66. The van der Waals surface area contributed by atoms with Gasteiger partial charge in [0, 0.05) is 19.8 Å². The van der Waals surface area contributed by atoms with Crippen LogP contribution in [-0.4, -0.2) is 42.4 Å². The summed E-state index contributed by atoms with van der Waals surface area (Å²) in [5.74, 6) is -2.20. The Morgan fingerprint density at radius 2 is 1.95 bits per heavy atom. The molecule has 0 aromatic carbocycles. The Kier molecular flexibility index (Phi) is 3.82. The molecule has 2 unspecified atom stereocenters. The van der Waals surface area contributed by atoms with Crippen LogP contribution in [0.2, 0.25) is 0 Å². The van der Waals surface area contributed by atoms with Gasteiger partial charge in [-0.15, -0.1) is 0 Å². The van der Waals surface area contributed by atoms with E-state index in [1.54, 1.807) is 0 Å². The van der Waals surface area contributed by atoms with Gasteiger partial charge in [0.15, 0.2) is 0 Å². The third-order valence-electron chi connectivity index (χ3n) is 4.67. The molecule has 6 heteroatoms. The molecule has 1 amide bonds. The van der Waals surface area contributed by atoms with Crippen LogP contribution >= 0.6 is 0 Å². The lowest BCUT2D eigenvalue weighted by Crippen LogP contribution is -2.53. The average Bonchev–Trinajstić information content (AvgIpc) is 2.38. The fourth-order valence-electron chi connectivity index (χ4n) is 3.09. The van der Waals surface area contributed by atoms with Crippen molar-refractivity contribution in [2.45, 2.75) is 38.2 Å². The standard InChI is InChI=1S/C13H21NO5/c1-12(10(14)15,11(16)17)9-2-5-19-13(8-9)3-6-18-7-4-13/h9H,2-8H2,1H3,(H2,14,15)(H,16,17). The maximum Gasteiger partial charge on any atom is 0.319 e. The van der Waals surface area contributed by atoms with E-state index in [0.717, 1.165) is 12.8 Å². The third kappa shape index (κ3) is 2.47. The summed E-state index contributed by atoms with van der Waals surface area (Å²) < 4.78 is 11.2. The van der Waals surface area contributed by atoms with E-state index in [4.69, 9.17) is 15.2 Å². The van der Waals surface area contributed by atoms with E-state index < -0.39 is 17.3 Å². The Labute approximate surface area is 112 Å². The molecule has 2 saturated heterocycles. The van der Waals surface area contributed by atoms with Crippen LogP contribution in [0.25, 0.3) is 0 Å². The van der Waals surface area contributed by atoms with Crippen molar-refractivity contribution in [1.29, 1.82) is 0 Å². The van der Waals surface area contributed by atoms with Gasteiger partial charge in [-0.1, -0.05) is 0 Å². The predicted octanol–water partition coefficient (Wildman–Crippen LogP) is 0.538. The van der Waals surface area contributed by atoms with Gasteiger partial charge in [-0.05, 0) is 38.5 Å². The van der Waals surface area contributed by atoms with E-state index in [9.17, 15) is 14.7 Å². The quantitative estimate of drug-likeness (QED) is 0.730. The Balaban J connectivity index is 2.20. The number of carboxylic acid groups (broad SMARTS) is 1. The second kappa shape index (κ2) is 5.09. The van der Waals surface area contributed by atoms with Crippen molar-refractivity contribution in [1.82, 2.24) is 0 Å². The lowest BCUT2D eigenvalue weighted by atomic mass is 9.67. The fraction of sp³-hybridized carbons (Fsp3) is 0.846. The summed E-state index contributed by atoms with van der Waals surface area (Å²) in [6, 6.07) is 0. The van der Waals surface area contributed by atoms with Crippen molar-refractivity contribution >= 4 is 11.9 Å². The Morgan fingerprint density at radius 1 is 1.32 bits per heavy atom. The zero-order chi connectivity index (χ0) is 14.1. The van der Waals surface area contributed by atoms with Crippen LogP contribution in [0.1, 0.15) is 32.6 Å². The molecule has 0 radical (unpaired) electrons. The van der Waals surface area contributed by atoms with E-state index in [-0.39, 0.29) is 11.5 Å². The molecule has 108 valence electrons. The van der Waals surface area contributed by atoms with Gasteiger partial charge in [-0.3, -0.25) is 9.59 Å². The molecule has 2 rings (SSSR count). The molecule has 19 heavy (non-hydrogen) atoms. The minimum atomic E-state index is -1.52. The first-order valence-corrected chi connectivity index (χ1v) is 6.66. The topological polar surface area (TPSA) is 98.9 Å². The van der Waals surface area contributed by atoms with Crippen LogP contribution in [-0.2, 0) is 19.1 Å². The van der Waals surface area contributed by atoms with Crippen LogP contribution in [0, 0.1) is 11.3 Å². The van der Waals surface area contributed by atoms with Gasteiger partial charge >= 0.3 is 5.97 Å². The Bertz CT molecular complexity index is 356. The van der Waals surface area contributed by atoms with Crippen molar-refractivity contribution in [2.75, 3.05) is 19.8 Å². The molecule has 2 heterocycles. The molecular formula is C13H21NO5. The SMILES string of the molecule is CC(C(N)=O)(C(=O)O)C1CCOC2(CCOCC2)C1. The van der Waals surface area contributed by atoms with Gasteiger partial charge in [0.1, 0.15) is 5.41 Å². The molecule has 0 saturated carbocycles. The van der Waals surface area contributed by atoms with Crippen LogP contribution in [0.3, 0.4) is 0 Å². The van der Waals surface area contributed by atoms with Crippen molar-refractivity contribution in [3.05, 3.63) is 0 Å². The number of primary amides is 1. The minimum absolute atomic E-state index is 0.283. The molecule has 2 atom stereocenters. The summed E-state index contributed by atoms with van der Waals surface area (Å²) in [5, 5.41) is 9.38. The molecule has 0 aromatic heterocycles. The minimum Gasteiger partial charge on any atom is -0.480 e. The summed E-state index contributed by atoms with van der Waals surface area (Å²) in [4.78, 5) is 23.1. The number of hydrogen-bond acceptors (Lipinski definition) is 4. The van der Waals surface area contributed by atoms with E-state index in [1.165, 1.54) is 6.92 Å². The Morgan fingerprint density at radius 3 is 2.47 bits per heavy atom. The number of carbonyl (C=O) groups is 2. The summed E-state index contributed by atoms with van der Waals surface area (Å²) in [7, 11) is 0. The van der Waals surface area contributed by atoms with Gasteiger partial charge in [0.05, 0.1) is 5.60 Å². The molecule has 0 aromatic rings. The van der Waals surface area contributed by atoms with Crippen molar-refractivity contribution in [3.8, 4) is 0 Å². The lowest BCUT2D eigenvalue weighted by molar-refractivity contribution is -0.177. The van der Waals surface area contributed by atoms with Gasteiger partial charge in [0.2, 0.25) is 5.91 Å². The zero-order valence-electron chi connectivity index (χ0n) is 11.2. The van der Waals surface area contributed by atoms with E-state index in [1.807, 2.05) is 0 Å². The number of hydrogen-bond donors (Lipinski definition) is 2. The average molecular weight is 271 g/mol. The maximum absolute atomic E-state index is 11.6. The lowest BCUT2D eigenvalue weighted by Gasteiger charge is -2.46. The van der Waals surface area contributed by atoms with Crippen LogP contribution < -0.4 is 5.73 Å². The normalized spacial score (nSPS) is 29.6. The zero-order valence-corrected chi connectivity index (χ0v) is 11.2. The number of carbonyl (C=O) groups excluding carboxylic acids is 1. The van der Waals surface area contributed by atoms with Crippen LogP contribution in [0.5, 0.6) is 0 Å². The van der Waals surface area contributed by atoms with E-state index in [2.05, 4.69) is 0 Å². The smallest absolute Gasteiger partial charge is 0.319 e. The summed E-state index contributed by atoms with van der Waals surface area (Å²) in [6.45, 7) is 3.14. The van der Waals surface area contributed by atoms with Crippen LogP contribution in [0.4, 0.5) is 0 Å². The molecule has 2 aliphatic heterocycles. The maximum atomic E-state index is 11.6. The highest BCUT2D eigenvalue weighted by atomic mass is 16.5. The molecular weight excluding hydrogens is 250 g/mol. The highest BCUT2D eigenvalue weighted by molar-refractivity contribution is 6.01. The molecule has 1 spiro atoms. The Hall–Kier alpha value is -1.14. The summed E-state index contributed by atoms with van der Waals surface area (Å²) >= 11 is 0. The molecule has 2 aliphatic rings. The first kappa shape index (κ1) is 14.3. The number of nitrogens with two attached hydrogens (primary N) is 1. The van der Waals surface area contributed by atoms with Gasteiger partial charge in [-0.2, -0.15) is 0 Å². The molecule has 0 bridgehead atoms. The molecule has 2 fully saturated rings. The highest BCUT2D eigenvalue weighted by Crippen LogP contribution is 2.44. The largest absolute Gasteiger partial charge is 0.480 e. The number of carboxylic acids is 1. The number of amides is 1. The van der Waals surface area contributed by atoms with Crippen molar-refractivity contribution in [3.63, 3.8) is 0 Å². The van der Waals surface area contributed by atoms with Gasteiger partial charge in [0.25, 0.3) is 0 Å². The predicted molar refractivity (Wildman–Crippen MR) is 66.4 cm³/mol. The van der Waals surface area contributed by atoms with E-state index in [0.29, 0.717) is 32.7 Å². The fourth-order valence-corrected chi connectivity index (χ4v) is 3.09. The summed E-state index contributed by atoms with van der Waals surface area (Å²) in [5.41, 5.74) is 3.48. The number of aliphatic carboxylic acids is 1. The van der Waals surface area contributed by atoms with E-state index >= 15 is 0 Å². The second-order valence-electron chi connectivity index (χ2n) is 5.71. The van der Waals surface area contributed by atoms with Gasteiger partial charge in [-0.25, -0.2) is 0 Å². The van der Waals surface area contributed by atoms with Crippen molar-refractivity contribution in [2.24, 2.45) is 17.1 Å². The third-order valence-corrected chi connectivity index (χ3v) is 4.67. The molecule has 0 aliphatic carbocycles. The van der Waals surface area contributed by atoms with Crippen LogP contribution in [0.15, 0.2) is 0 Å². The monoisotopic (exact) mass is 271 g/mol. The summed E-state index contributed by atoms with van der Waals surface area (Å²) in [6.07, 6.45) is 2.60.